The van der Waals surface area contributed by atoms with Crippen molar-refractivity contribution in [2.24, 2.45) is 0 Å². The molecule has 2 heterocycles. The van der Waals surface area contributed by atoms with E-state index in [4.69, 9.17) is 4.74 Å². The summed E-state index contributed by atoms with van der Waals surface area (Å²) >= 11 is 0. The first-order chi connectivity index (χ1) is 15.0. The summed E-state index contributed by atoms with van der Waals surface area (Å²) in [5.41, 5.74) is 1.41. The molecule has 0 aromatic heterocycles. The van der Waals surface area contributed by atoms with Crippen LogP contribution >= 0.6 is 0 Å². The number of para-hydroxylation sites is 1. The normalized spacial score (nSPS) is 17.5. The Labute approximate surface area is 179 Å². The Kier molecular flexibility index (Phi) is 6.08. The van der Waals surface area contributed by atoms with E-state index in [2.05, 4.69) is 10.6 Å². The molecule has 4 rings (SSSR count). The van der Waals surface area contributed by atoms with Gasteiger partial charge in [-0.2, -0.15) is 0 Å². The van der Waals surface area contributed by atoms with Crippen molar-refractivity contribution in [2.45, 2.75) is 25.4 Å². The number of hydrogen-bond donors (Lipinski definition) is 2. The fourth-order valence-electron chi connectivity index (χ4n) is 3.77. The molecule has 1 saturated heterocycles. The summed E-state index contributed by atoms with van der Waals surface area (Å²) in [6, 6.07) is 13.3. The third kappa shape index (κ3) is 4.49. The Morgan fingerprint density at radius 1 is 1.00 bits per heavy atom. The van der Waals surface area contributed by atoms with E-state index in [1.165, 1.54) is 0 Å². The summed E-state index contributed by atoms with van der Waals surface area (Å²) in [5.74, 6) is -1.49. The van der Waals surface area contributed by atoms with Crippen LogP contribution in [0.5, 0.6) is 0 Å². The third-order valence-electron chi connectivity index (χ3n) is 5.40. The second kappa shape index (κ2) is 9.09. The molecule has 2 aromatic rings. The maximum absolute atomic E-state index is 12.6. The number of rotatable bonds is 7. The van der Waals surface area contributed by atoms with Crippen LogP contribution in [0.3, 0.4) is 0 Å². The van der Waals surface area contributed by atoms with Gasteiger partial charge in [-0.3, -0.25) is 24.1 Å². The number of hydrogen-bond acceptors (Lipinski definition) is 5. The molecule has 4 amide bonds. The number of nitrogens with zero attached hydrogens (tertiary/aromatic N) is 1. The molecule has 2 aromatic carbocycles. The standard InChI is InChI=1S/C23H23N3O5/c27-20(11-12-26-22(29)16-7-1-2-8-17(16)23(26)30)25-19-10-4-3-9-18(19)21(28)24-14-15-6-5-13-31-15/h1-4,7-10,15H,5-6,11-14H2,(H,24,28)(H,25,27). The molecule has 2 aliphatic heterocycles. The van der Waals surface area contributed by atoms with E-state index >= 15 is 0 Å². The van der Waals surface area contributed by atoms with E-state index in [0.29, 0.717) is 35.5 Å². The molecular formula is C23H23N3O5. The minimum atomic E-state index is -0.401. The highest BCUT2D eigenvalue weighted by Gasteiger charge is 2.35. The lowest BCUT2D eigenvalue weighted by atomic mass is 10.1. The van der Waals surface area contributed by atoms with Gasteiger partial charge in [0, 0.05) is 26.1 Å². The fraction of sp³-hybridized carbons (Fsp3) is 0.304. The summed E-state index contributed by atoms with van der Waals surface area (Å²) in [5, 5.41) is 5.55. The summed E-state index contributed by atoms with van der Waals surface area (Å²) in [6.45, 7) is 1.09. The average Bonchev–Trinajstić information content (AvgIpc) is 3.39. The van der Waals surface area contributed by atoms with Crippen LogP contribution in [0.4, 0.5) is 5.69 Å². The van der Waals surface area contributed by atoms with Gasteiger partial charge in [-0.05, 0) is 37.1 Å². The number of carbonyl (C=O) groups is 4. The highest BCUT2D eigenvalue weighted by Crippen LogP contribution is 2.23. The lowest BCUT2D eigenvalue weighted by Gasteiger charge is -2.15. The topological polar surface area (TPSA) is 105 Å². The number of fused-ring (bicyclic) bond motifs is 1. The number of carbonyl (C=O) groups excluding carboxylic acids is 4. The van der Waals surface area contributed by atoms with Crippen molar-refractivity contribution in [3.63, 3.8) is 0 Å². The molecule has 160 valence electrons. The quantitative estimate of drug-likeness (QED) is 0.667. The number of benzene rings is 2. The van der Waals surface area contributed by atoms with Gasteiger partial charge in [-0.1, -0.05) is 24.3 Å². The molecule has 0 radical (unpaired) electrons. The van der Waals surface area contributed by atoms with Crippen LogP contribution in [-0.2, 0) is 9.53 Å². The van der Waals surface area contributed by atoms with E-state index in [9.17, 15) is 19.2 Å². The second-order valence-corrected chi connectivity index (χ2v) is 7.50. The predicted molar refractivity (Wildman–Crippen MR) is 113 cm³/mol. The molecule has 2 aliphatic rings. The van der Waals surface area contributed by atoms with Gasteiger partial charge in [-0.15, -0.1) is 0 Å². The fourth-order valence-corrected chi connectivity index (χ4v) is 3.77. The van der Waals surface area contributed by atoms with E-state index < -0.39 is 17.7 Å². The molecule has 1 atom stereocenters. The average molecular weight is 421 g/mol. The number of amides is 4. The molecule has 1 fully saturated rings. The Bertz CT molecular complexity index is 994. The van der Waals surface area contributed by atoms with E-state index in [0.717, 1.165) is 17.7 Å². The smallest absolute Gasteiger partial charge is 0.261 e. The summed E-state index contributed by atoms with van der Waals surface area (Å²) < 4.78 is 5.51. The number of ether oxygens (including phenoxy) is 1. The molecule has 8 heteroatoms. The number of imide groups is 1. The predicted octanol–water partition coefficient (Wildman–Crippen LogP) is 2.22. The van der Waals surface area contributed by atoms with E-state index in [-0.39, 0.29) is 25.0 Å². The Hall–Kier alpha value is -3.52. The SMILES string of the molecule is O=C(CCN1C(=O)c2ccccc2C1=O)Nc1ccccc1C(=O)NCC1CCCO1. The second-order valence-electron chi connectivity index (χ2n) is 7.50. The van der Waals surface area contributed by atoms with Crippen LogP contribution in [0.25, 0.3) is 0 Å². The van der Waals surface area contributed by atoms with Crippen LogP contribution < -0.4 is 10.6 Å². The van der Waals surface area contributed by atoms with Crippen molar-refractivity contribution in [2.75, 3.05) is 25.0 Å². The molecule has 31 heavy (non-hydrogen) atoms. The first-order valence-electron chi connectivity index (χ1n) is 10.3. The molecule has 0 bridgehead atoms. The van der Waals surface area contributed by atoms with Crippen molar-refractivity contribution in [1.29, 1.82) is 0 Å². The molecule has 1 unspecified atom stereocenters. The van der Waals surface area contributed by atoms with Crippen LogP contribution in [-0.4, -0.2) is 54.3 Å². The van der Waals surface area contributed by atoms with Crippen LogP contribution in [0.15, 0.2) is 48.5 Å². The first kappa shape index (κ1) is 20.7. The minimum Gasteiger partial charge on any atom is -0.376 e. The minimum absolute atomic E-state index is 0.0189. The van der Waals surface area contributed by atoms with Crippen molar-refractivity contribution in [3.8, 4) is 0 Å². The third-order valence-corrected chi connectivity index (χ3v) is 5.40. The Morgan fingerprint density at radius 2 is 1.68 bits per heavy atom. The van der Waals surface area contributed by atoms with Gasteiger partial charge < -0.3 is 15.4 Å². The molecule has 0 spiro atoms. The van der Waals surface area contributed by atoms with Gasteiger partial charge in [0.1, 0.15) is 0 Å². The molecule has 0 saturated carbocycles. The van der Waals surface area contributed by atoms with Crippen LogP contribution in [0, 0.1) is 0 Å². The van der Waals surface area contributed by atoms with E-state index in [1.807, 2.05) is 0 Å². The highest BCUT2D eigenvalue weighted by atomic mass is 16.5. The maximum atomic E-state index is 12.6. The van der Waals surface area contributed by atoms with Gasteiger partial charge in [0.25, 0.3) is 17.7 Å². The Balaban J connectivity index is 1.34. The van der Waals surface area contributed by atoms with Crippen molar-refractivity contribution >= 4 is 29.3 Å². The van der Waals surface area contributed by atoms with Crippen molar-refractivity contribution < 1.29 is 23.9 Å². The van der Waals surface area contributed by atoms with Gasteiger partial charge in [0.2, 0.25) is 5.91 Å². The highest BCUT2D eigenvalue weighted by molar-refractivity contribution is 6.21. The van der Waals surface area contributed by atoms with Crippen molar-refractivity contribution in [3.05, 3.63) is 65.2 Å². The number of nitrogens with one attached hydrogen (secondary N) is 2. The van der Waals surface area contributed by atoms with Gasteiger partial charge in [0.05, 0.1) is 28.5 Å². The zero-order chi connectivity index (χ0) is 21.8. The molecule has 8 nitrogen and oxygen atoms in total. The van der Waals surface area contributed by atoms with Gasteiger partial charge in [0.15, 0.2) is 0 Å². The van der Waals surface area contributed by atoms with E-state index in [1.54, 1.807) is 48.5 Å². The monoisotopic (exact) mass is 421 g/mol. The lowest BCUT2D eigenvalue weighted by molar-refractivity contribution is -0.116. The Morgan fingerprint density at radius 3 is 2.35 bits per heavy atom. The zero-order valence-corrected chi connectivity index (χ0v) is 16.9. The summed E-state index contributed by atoms with van der Waals surface area (Å²) in [7, 11) is 0. The zero-order valence-electron chi connectivity index (χ0n) is 16.9. The summed E-state index contributed by atoms with van der Waals surface area (Å²) in [4.78, 5) is 51.0. The van der Waals surface area contributed by atoms with Gasteiger partial charge >= 0.3 is 0 Å². The largest absolute Gasteiger partial charge is 0.376 e. The first-order valence-corrected chi connectivity index (χ1v) is 10.3. The number of anilines is 1. The van der Waals surface area contributed by atoms with Gasteiger partial charge in [-0.25, -0.2) is 0 Å². The lowest BCUT2D eigenvalue weighted by Crippen LogP contribution is -2.33. The van der Waals surface area contributed by atoms with Crippen LogP contribution in [0.1, 0.15) is 50.3 Å². The molecule has 0 aliphatic carbocycles. The molecule has 2 N–H and O–H groups in total. The van der Waals surface area contributed by atoms with Crippen molar-refractivity contribution in [1.82, 2.24) is 10.2 Å². The van der Waals surface area contributed by atoms with Crippen LogP contribution in [0.2, 0.25) is 0 Å². The molecular weight excluding hydrogens is 398 g/mol. The maximum Gasteiger partial charge on any atom is 0.261 e. The summed E-state index contributed by atoms with van der Waals surface area (Å²) in [6.07, 6.45) is 1.85.